The molecule has 2 heterocycles. The predicted octanol–water partition coefficient (Wildman–Crippen LogP) is 1.62. The molecule has 1 aliphatic rings. The molecule has 0 radical (unpaired) electrons. The highest BCUT2D eigenvalue weighted by molar-refractivity contribution is 7.91. The van der Waals surface area contributed by atoms with E-state index in [0.717, 1.165) is 0 Å². The van der Waals surface area contributed by atoms with Crippen LogP contribution in [0.2, 0.25) is 0 Å². The van der Waals surface area contributed by atoms with E-state index in [4.69, 9.17) is 0 Å². The minimum absolute atomic E-state index is 0.0330. The third-order valence-corrected chi connectivity index (χ3v) is 5.81. The Morgan fingerprint density at radius 2 is 2.12 bits per heavy atom. The van der Waals surface area contributed by atoms with E-state index in [0.29, 0.717) is 17.9 Å². The van der Waals surface area contributed by atoms with E-state index >= 15 is 0 Å². The SMILES string of the molecule is CN(C(=O)c1cc(Nc2cccc(F)c2)ncn1)C1CCS(=O)(=O)C1. The van der Waals surface area contributed by atoms with Gasteiger partial charge in [-0.2, -0.15) is 0 Å². The minimum Gasteiger partial charge on any atom is -0.340 e. The molecule has 1 fully saturated rings. The van der Waals surface area contributed by atoms with Gasteiger partial charge in [0.05, 0.1) is 11.5 Å². The summed E-state index contributed by atoms with van der Waals surface area (Å²) in [6, 6.07) is 6.95. The van der Waals surface area contributed by atoms with Crippen LogP contribution >= 0.6 is 0 Å². The maximum atomic E-state index is 13.2. The van der Waals surface area contributed by atoms with E-state index in [-0.39, 0.29) is 29.1 Å². The summed E-state index contributed by atoms with van der Waals surface area (Å²) in [7, 11) is -1.52. The fourth-order valence-corrected chi connectivity index (χ4v) is 4.46. The number of benzene rings is 1. The molecule has 1 atom stereocenters. The molecule has 9 heteroatoms. The molecule has 1 aliphatic heterocycles. The van der Waals surface area contributed by atoms with E-state index in [1.165, 1.54) is 29.4 Å². The summed E-state index contributed by atoms with van der Waals surface area (Å²) in [4.78, 5) is 21.9. The summed E-state index contributed by atoms with van der Waals surface area (Å²) in [5, 5.41) is 2.90. The molecular weight excluding hydrogens is 347 g/mol. The number of anilines is 2. The molecule has 1 N–H and O–H groups in total. The Morgan fingerprint density at radius 1 is 1.32 bits per heavy atom. The fourth-order valence-electron chi connectivity index (χ4n) is 2.68. The van der Waals surface area contributed by atoms with Crippen LogP contribution in [-0.4, -0.2) is 53.8 Å². The summed E-state index contributed by atoms with van der Waals surface area (Å²) in [6.45, 7) is 0. The first-order valence-corrected chi connectivity index (χ1v) is 9.48. The first-order chi connectivity index (χ1) is 11.8. The number of halogens is 1. The van der Waals surface area contributed by atoms with Crippen LogP contribution in [0.1, 0.15) is 16.9 Å². The third-order valence-electron chi connectivity index (χ3n) is 4.06. The van der Waals surface area contributed by atoms with Crippen LogP contribution in [0.5, 0.6) is 0 Å². The number of nitrogens with one attached hydrogen (secondary N) is 1. The first-order valence-electron chi connectivity index (χ1n) is 7.66. The number of carbonyl (C=O) groups is 1. The molecule has 1 amide bonds. The summed E-state index contributed by atoms with van der Waals surface area (Å²) >= 11 is 0. The van der Waals surface area contributed by atoms with Gasteiger partial charge in [-0.25, -0.2) is 22.8 Å². The molecule has 1 saturated heterocycles. The highest BCUT2D eigenvalue weighted by atomic mass is 32.2. The number of carbonyl (C=O) groups excluding carboxylic acids is 1. The van der Waals surface area contributed by atoms with Crippen LogP contribution in [0, 0.1) is 5.82 Å². The zero-order chi connectivity index (χ0) is 18.0. The minimum atomic E-state index is -3.08. The molecule has 0 saturated carbocycles. The van der Waals surface area contributed by atoms with Gasteiger partial charge >= 0.3 is 0 Å². The van der Waals surface area contributed by atoms with Gasteiger partial charge in [-0.3, -0.25) is 4.79 Å². The normalized spacial score (nSPS) is 18.7. The molecule has 3 rings (SSSR count). The number of sulfone groups is 1. The van der Waals surface area contributed by atoms with Gasteiger partial charge in [-0.1, -0.05) is 6.07 Å². The van der Waals surface area contributed by atoms with Gasteiger partial charge in [-0.05, 0) is 24.6 Å². The van der Waals surface area contributed by atoms with Crippen molar-refractivity contribution in [2.45, 2.75) is 12.5 Å². The molecule has 7 nitrogen and oxygen atoms in total. The predicted molar refractivity (Wildman–Crippen MR) is 90.9 cm³/mol. The third kappa shape index (κ3) is 4.11. The second kappa shape index (κ2) is 6.75. The van der Waals surface area contributed by atoms with Crippen LogP contribution in [0.4, 0.5) is 15.9 Å². The Hall–Kier alpha value is -2.55. The van der Waals surface area contributed by atoms with Gasteiger partial charge in [-0.15, -0.1) is 0 Å². The highest BCUT2D eigenvalue weighted by Gasteiger charge is 2.33. The zero-order valence-electron chi connectivity index (χ0n) is 13.5. The van der Waals surface area contributed by atoms with Gasteiger partial charge in [0, 0.05) is 24.8 Å². The Kier molecular flexibility index (Phi) is 4.67. The summed E-state index contributed by atoms with van der Waals surface area (Å²) in [5.41, 5.74) is 0.632. The van der Waals surface area contributed by atoms with Gasteiger partial charge in [0.15, 0.2) is 9.84 Å². The van der Waals surface area contributed by atoms with Crippen molar-refractivity contribution in [3.63, 3.8) is 0 Å². The number of rotatable bonds is 4. The Balaban J connectivity index is 1.75. The summed E-state index contributed by atoms with van der Waals surface area (Å²) in [5.74, 6) is -0.374. The standard InChI is InChI=1S/C16H17FN4O3S/c1-21(13-5-6-25(23,24)9-13)16(22)14-8-15(19-10-18-14)20-12-4-2-3-11(17)7-12/h2-4,7-8,10,13H,5-6,9H2,1H3,(H,18,19,20). The number of amides is 1. The van der Waals surface area contributed by atoms with E-state index in [2.05, 4.69) is 15.3 Å². The molecule has 1 aromatic heterocycles. The van der Waals surface area contributed by atoms with Gasteiger partial charge in [0.1, 0.15) is 23.7 Å². The average molecular weight is 364 g/mol. The van der Waals surface area contributed by atoms with Crippen LogP contribution in [0.25, 0.3) is 0 Å². The van der Waals surface area contributed by atoms with Gasteiger partial charge in [0.25, 0.3) is 5.91 Å². The lowest BCUT2D eigenvalue weighted by atomic mass is 10.2. The van der Waals surface area contributed by atoms with Crippen molar-refractivity contribution in [3.8, 4) is 0 Å². The maximum absolute atomic E-state index is 13.2. The van der Waals surface area contributed by atoms with Crippen molar-refractivity contribution in [1.29, 1.82) is 0 Å². The molecule has 0 bridgehead atoms. The van der Waals surface area contributed by atoms with Crippen molar-refractivity contribution in [3.05, 3.63) is 48.2 Å². The average Bonchev–Trinajstić information content (AvgIpc) is 2.94. The van der Waals surface area contributed by atoms with Crippen molar-refractivity contribution in [2.24, 2.45) is 0 Å². The quantitative estimate of drug-likeness (QED) is 0.886. The number of nitrogens with zero attached hydrogens (tertiary/aromatic N) is 3. The van der Waals surface area contributed by atoms with Crippen molar-refractivity contribution < 1.29 is 17.6 Å². The van der Waals surface area contributed by atoms with Crippen LogP contribution in [0.3, 0.4) is 0 Å². The monoisotopic (exact) mass is 364 g/mol. The molecule has 0 aliphatic carbocycles. The fraction of sp³-hybridized carbons (Fsp3) is 0.312. The van der Waals surface area contributed by atoms with E-state index in [1.54, 1.807) is 19.2 Å². The van der Waals surface area contributed by atoms with Crippen LogP contribution < -0.4 is 5.32 Å². The number of hydrogen-bond acceptors (Lipinski definition) is 6. The molecule has 0 spiro atoms. The van der Waals surface area contributed by atoms with Gasteiger partial charge in [0.2, 0.25) is 0 Å². The summed E-state index contributed by atoms with van der Waals surface area (Å²) < 4.78 is 36.4. The summed E-state index contributed by atoms with van der Waals surface area (Å²) in [6.07, 6.45) is 1.65. The Morgan fingerprint density at radius 3 is 2.80 bits per heavy atom. The Bertz CT molecular complexity index is 904. The molecule has 132 valence electrons. The molecule has 1 aromatic carbocycles. The Labute approximate surface area is 144 Å². The van der Waals surface area contributed by atoms with Crippen LogP contribution in [-0.2, 0) is 9.84 Å². The van der Waals surface area contributed by atoms with E-state index < -0.39 is 15.7 Å². The highest BCUT2D eigenvalue weighted by Crippen LogP contribution is 2.20. The molecular formula is C16H17FN4O3S. The number of aromatic nitrogens is 2. The second-order valence-electron chi connectivity index (χ2n) is 5.90. The zero-order valence-corrected chi connectivity index (χ0v) is 14.3. The van der Waals surface area contributed by atoms with Crippen molar-refractivity contribution in [2.75, 3.05) is 23.9 Å². The topological polar surface area (TPSA) is 92.3 Å². The lowest BCUT2D eigenvalue weighted by Crippen LogP contribution is -2.38. The first kappa shape index (κ1) is 17.3. The molecule has 1 unspecified atom stereocenters. The van der Waals surface area contributed by atoms with E-state index in [9.17, 15) is 17.6 Å². The lowest BCUT2D eigenvalue weighted by molar-refractivity contribution is 0.0741. The smallest absolute Gasteiger partial charge is 0.272 e. The van der Waals surface area contributed by atoms with Crippen molar-refractivity contribution in [1.82, 2.24) is 14.9 Å². The van der Waals surface area contributed by atoms with Gasteiger partial charge < -0.3 is 10.2 Å². The van der Waals surface area contributed by atoms with Crippen molar-refractivity contribution >= 4 is 27.2 Å². The maximum Gasteiger partial charge on any atom is 0.272 e. The second-order valence-corrected chi connectivity index (χ2v) is 8.13. The number of hydrogen-bond donors (Lipinski definition) is 1. The molecule has 25 heavy (non-hydrogen) atoms. The van der Waals surface area contributed by atoms with Crippen LogP contribution in [0.15, 0.2) is 36.7 Å². The largest absolute Gasteiger partial charge is 0.340 e. The molecule has 2 aromatic rings. The lowest BCUT2D eigenvalue weighted by Gasteiger charge is -2.23. The van der Waals surface area contributed by atoms with E-state index in [1.807, 2.05) is 0 Å².